The predicted molar refractivity (Wildman–Crippen MR) is 79.6 cm³/mol. The van der Waals surface area contributed by atoms with Gasteiger partial charge in [0.25, 0.3) is 0 Å². The number of rotatable bonds is 0. The van der Waals surface area contributed by atoms with Crippen molar-refractivity contribution in [3.63, 3.8) is 0 Å². The van der Waals surface area contributed by atoms with E-state index >= 15 is 0 Å². The second-order valence-electron chi connectivity index (χ2n) is 4.56. The molecule has 4 heteroatoms. The number of benzene rings is 2. The number of nitriles is 1. The molecule has 2 aromatic carbocycles. The van der Waals surface area contributed by atoms with Gasteiger partial charge in [0.15, 0.2) is 0 Å². The molecule has 0 bridgehead atoms. The molecule has 3 rings (SSSR count). The van der Waals surface area contributed by atoms with Crippen LogP contribution in [0.2, 0.25) is 0 Å². The predicted octanol–water partition coefficient (Wildman–Crippen LogP) is 3.20. The van der Waals surface area contributed by atoms with Crippen LogP contribution < -0.4 is 5.63 Å². The van der Waals surface area contributed by atoms with E-state index in [1.807, 2.05) is 0 Å². The molecule has 3 aromatic rings. The summed E-state index contributed by atoms with van der Waals surface area (Å²) in [6.07, 6.45) is 0. The molecule has 1 heterocycles. The van der Waals surface area contributed by atoms with Crippen molar-refractivity contribution in [3.8, 4) is 17.9 Å². The Balaban J connectivity index is 2.12. The fourth-order valence-corrected chi connectivity index (χ4v) is 1.98. The van der Waals surface area contributed by atoms with Gasteiger partial charge in [-0.3, -0.25) is 0 Å². The highest BCUT2D eigenvalue weighted by atomic mass is 19.1. The Hall–Kier alpha value is -3.37. The van der Waals surface area contributed by atoms with Crippen LogP contribution in [0.4, 0.5) is 4.39 Å². The van der Waals surface area contributed by atoms with Gasteiger partial charge >= 0.3 is 5.63 Å². The van der Waals surface area contributed by atoms with Crippen LogP contribution in [0.3, 0.4) is 0 Å². The van der Waals surface area contributed by atoms with Crippen molar-refractivity contribution < 1.29 is 8.81 Å². The summed E-state index contributed by atoms with van der Waals surface area (Å²) in [7, 11) is 0. The SMILES string of the molecule is N#Cc1cc2ccc(=O)oc2cc1C#Cc1ccc(F)cc1. The van der Waals surface area contributed by atoms with E-state index in [-0.39, 0.29) is 5.82 Å². The molecule has 0 amide bonds. The first-order valence-electron chi connectivity index (χ1n) is 6.41. The summed E-state index contributed by atoms with van der Waals surface area (Å²) in [6, 6.07) is 13.9. The van der Waals surface area contributed by atoms with Gasteiger partial charge < -0.3 is 4.42 Å². The quantitative estimate of drug-likeness (QED) is 0.471. The number of halogens is 1. The summed E-state index contributed by atoms with van der Waals surface area (Å²) in [5.41, 5.74) is 1.37. The molecule has 1 aromatic heterocycles. The molecule has 0 fully saturated rings. The molecule has 0 saturated carbocycles. The third kappa shape index (κ3) is 2.72. The molecule has 0 radical (unpaired) electrons. The lowest BCUT2D eigenvalue weighted by Gasteiger charge is -1.99. The largest absolute Gasteiger partial charge is 0.423 e. The molecule has 0 aliphatic carbocycles. The minimum absolute atomic E-state index is 0.337. The Labute approximate surface area is 125 Å². The van der Waals surface area contributed by atoms with Crippen LogP contribution >= 0.6 is 0 Å². The van der Waals surface area contributed by atoms with Crippen molar-refractivity contribution in [2.75, 3.05) is 0 Å². The number of nitrogens with zero attached hydrogens (tertiary/aromatic N) is 1. The third-order valence-corrected chi connectivity index (χ3v) is 3.07. The first kappa shape index (κ1) is 13.6. The summed E-state index contributed by atoms with van der Waals surface area (Å²) in [5, 5.41) is 9.86. The van der Waals surface area contributed by atoms with E-state index in [1.165, 1.54) is 18.2 Å². The van der Waals surface area contributed by atoms with Crippen LogP contribution in [0, 0.1) is 29.0 Å². The molecule has 0 unspecified atom stereocenters. The van der Waals surface area contributed by atoms with Crippen LogP contribution in [-0.4, -0.2) is 0 Å². The van der Waals surface area contributed by atoms with Crippen molar-refractivity contribution in [1.29, 1.82) is 5.26 Å². The summed E-state index contributed by atoms with van der Waals surface area (Å²) >= 11 is 0. The highest BCUT2D eigenvalue weighted by Gasteiger charge is 2.05. The average Bonchev–Trinajstić information content (AvgIpc) is 2.53. The minimum atomic E-state index is -0.463. The van der Waals surface area contributed by atoms with E-state index in [1.54, 1.807) is 30.3 Å². The van der Waals surface area contributed by atoms with E-state index in [0.29, 0.717) is 27.7 Å². The van der Waals surface area contributed by atoms with Gasteiger partial charge in [-0.25, -0.2) is 9.18 Å². The van der Waals surface area contributed by atoms with Crippen molar-refractivity contribution in [2.24, 2.45) is 0 Å². The van der Waals surface area contributed by atoms with Crippen LogP contribution in [0.1, 0.15) is 16.7 Å². The van der Waals surface area contributed by atoms with Crippen molar-refractivity contribution in [2.45, 2.75) is 0 Å². The lowest BCUT2D eigenvalue weighted by molar-refractivity contribution is 0.561. The van der Waals surface area contributed by atoms with Crippen LogP contribution in [-0.2, 0) is 0 Å². The molecular formula is C18H8FNO2. The zero-order chi connectivity index (χ0) is 15.5. The Kier molecular flexibility index (Phi) is 3.43. The van der Waals surface area contributed by atoms with Crippen LogP contribution in [0.5, 0.6) is 0 Å². The van der Waals surface area contributed by atoms with E-state index < -0.39 is 5.63 Å². The van der Waals surface area contributed by atoms with E-state index in [0.717, 1.165) is 0 Å². The molecule has 0 saturated heterocycles. The van der Waals surface area contributed by atoms with Crippen molar-refractivity contribution in [1.82, 2.24) is 0 Å². The zero-order valence-electron chi connectivity index (χ0n) is 11.3. The van der Waals surface area contributed by atoms with Gasteiger partial charge in [-0.05, 0) is 42.5 Å². The smallest absolute Gasteiger partial charge is 0.336 e. The molecular weight excluding hydrogens is 281 g/mol. The zero-order valence-corrected chi connectivity index (χ0v) is 11.3. The molecule has 0 atom stereocenters. The topological polar surface area (TPSA) is 54.0 Å². The number of fused-ring (bicyclic) bond motifs is 1. The molecule has 0 N–H and O–H groups in total. The second kappa shape index (κ2) is 5.55. The Morgan fingerprint density at radius 3 is 2.45 bits per heavy atom. The van der Waals surface area contributed by atoms with Gasteiger partial charge in [0.2, 0.25) is 0 Å². The van der Waals surface area contributed by atoms with E-state index in [4.69, 9.17) is 4.42 Å². The summed E-state index contributed by atoms with van der Waals surface area (Å²) in [6.45, 7) is 0. The normalized spacial score (nSPS) is 9.82. The lowest BCUT2D eigenvalue weighted by atomic mass is 10.1. The highest BCUT2D eigenvalue weighted by molar-refractivity contribution is 5.80. The Morgan fingerprint density at radius 1 is 0.955 bits per heavy atom. The van der Waals surface area contributed by atoms with E-state index in [2.05, 4.69) is 17.9 Å². The number of hydrogen-bond donors (Lipinski definition) is 0. The first-order chi connectivity index (χ1) is 10.7. The maximum absolute atomic E-state index is 12.8. The van der Waals surface area contributed by atoms with Gasteiger partial charge in [0, 0.05) is 22.6 Å². The minimum Gasteiger partial charge on any atom is -0.423 e. The summed E-state index contributed by atoms with van der Waals surface area (Å²) < 4.78 is 17.9. The maximum Gasteiger partial charge on any atom is 0.336 e. The van der Waals surface area contributed by atoms with Gasteiger partial charge in [-0.1, -0.05) is 11.8 Å². The molecule has 22 heavy (non-hydrogen) atoms. The first-order valence-corrected chi connectivity index (χ1v) is 6.41. The average molecular weight is 289 g/mol. The summed E-state index contributed by atoms with van der Waals surface area (Å²) in [5.74, 6) is 5.37. The van der Waals surface area contributed by atoms with Gasteiger partial charge in [0.1, 0.15) is 17.5 Å². The fourth-order valence-electron chi connectivity index (χ4n) is 1.98. The van der Waals surface area contributed by atoms with E-state index in [9.17, 15) is 14.4 Å². The Morgan fingerprint density at radius 2 is 1.73 bits per heavy atom. The second-order valence-corrected chi connectivity index (χ2v) is 4.56. The molecule has 0 aliphatic rings. The fraction of sp³-hybridized carbons (Fsp3) is 0. The maximum atomic E-state index is 12.8. The molecule has 3 nitrogen and oxygen atoms in total. The van der Waals surface area contributed by atoms with Gasteiger partial charge in [-0.15, -0.1) is 0 Å². The molecule has 0 spiro atoms. The van der Waals surface area contributed by atoms with Crippen LogP contribution in [0.15, 0.2) is 57.7 Å². The van der Waals surface area contributed by atoms with Gasteiger partial charge in [0.05, 0.1) is 5.56 Å². The third-order valence-electron chi connectivity index (χ3n) is 3.07. The lowest BCUT2D eigenvalue weighted by Crippen LogP contribution is -1.95. The van der Waals surface area contributed by atoms with Crippen LogP contribution in [0.25, 0.3) is 11.0 Å². The molecule has 104 valence electrons. The standard InChI is InChI=1S/C18H8FNO2/c19-16-6-2-12(3-7-16)1-4-13-10-17-14(9-15(13)11-20)5-8-18(21)22-17/h2-3,5-10H. The highest BCUT2D eigenvalue weighted by Crippen LogP contribution is 2.18. The number of hydrogen-bond acceptors (Lipinski definition) is 3. The summed E-state index contributed by atoms with van der Waals surface area (Å²) in [4.78, 5) is 11.3. The van der Waals surface area contributed by atoms with Crippen molar-refractivity contribution in [3.05, 3.63) is 81.5 Å². The van der Waals surface area contributed by atoms with Gasteiger partial charge in [-0.2, -0.15) is 5.26 Å². The monoisotopic (exact) mass is 289 g/mol. The van der Waals surface area contributed by atoms with Crippen molar-refractivity contribution >= 4 is 11.0 Å². The molecule has 0 aliphatic heterocycles. The Bertz CT molecular complexity index is 1020.